The average molecular weight is 441 g/mol. The van der Waals surface area contributed by atoms with Crippen LogP contribution in [-0.4, -0.2) is 74.6 Å². The Hall–Kier alpha value is -2.12. The molecule has 0 spiro atoms. The van der Waals surface area contributed by atoms with Gasteiger partial charge in [-0.05, 0) is 48.6 Å². The molecule has 0 aromatic heterocycles. The summed E-state index contributed by atoms with van der Waals surface area (Å²) >= 11 is 0. The van der Waals surface area contributed by atoms with Crippen molar-refractivity contribution in [2.24, 2.45) is 0 Å². The van der Waals surface area contributed by atoms with E-state index in [1.165, 1.54) is 11.1 Å². The fraction of sp³-hybridized carbons (Fsp3) is 0.538. The summed E-state index contributed by atoms with van der Waals surface area (Å²) in [6.45, 7) is 5.69. The third-order valence-corrected chi connectivity index (χ3v) is 6.62. The van der Waals surface area contributed by atoms with Crippen LogP contribution in [0.2, 0.25) is 0 Å². The van der Waals surface area contributed by atoms with Gasteiger partial charge in [0.1, 0.15) is 11.5 Å². The van der Waals surface area contributed by atoms with Crippen molar-refractivity contribution in [1.29, 1.82) is 0 Å². The van der Waals surface area contributed by atoms with Gasteiger partial charge in [0.05, 0.1) is 33.0 Å². The lowest BCUT2D eigenvalue weighted by molar-refractivity contribution is -0.0325. The maximum absolute atomic E-state index is 10.6. The van der Waals surface area contributed by atoms with E-state index in [0.717, 1.165) is 69.0 Å². The highest BCUT2D eigenvalue weighted by Gasteiger charge is 2.23. The molecule has 4 rings (SSSR count). The molecule has 174 valence electrons. The first-order valence-corrected chi connectivity index (χ1v) is 11.7. The van der Waals surface area contributed by atoms with Gasteiger partial charge < -0.3 is 19.3 Å². The van der Waals surface area contributed by atoms with Crippen molar-refractivity contribution >= 4 is 0 Å². The third-order valence-electron chi connectivity index (χ3n) is 6.62. The molecule has 1 aliphatic carbocycles. The van der Waals surface area contributed by atoms with Gasteiger partial charge in [0.15, 0.2) is 0 Å². The molecule has 0 radical (unpaired) electrons. The fourth-order valence-corrected chi connectivity index (χ4v) is 4.84. The zero-order valence-electron chi connectivity index (χ0n) is 19.3. The average Bonchev–Trinajstić information content (AvgIpc) is 2.84. The molecule has 0 amide bonds. The number of fused-ring (bicyclic) bond motifs is 1. The van der Waals surface area contributed by atoms with Crippen LogP contribution >= 0.6 is 0 Å². The maximum Gasteiger partial charge on any atom is 0.123 e. The van der Waals surface area contributed by atoms with Crippen LogP contribution in [0.5, 0.6) is 11.5 Å². The minimum Gasteiger partial charge on any atom is -0.497 e. The zero-order chi connectivity index (χ0) is 22.3. The number of ether oxygens (including phenoxy) is 3. The number of rotatable bonds is 9. The summed E-state index contributed by atoms with van der Waals surface area (Å²) in [5.74, 6) is 1.74. The van der Waals surface area contributed by atoms with Crippen LogP contribution in [0, 0.1) is 0 Å². The summed E-state index contributed by atoms with van der Waals surface area (Å²) in [4.78, 5) is 4.76. The van der Waals surface area contributed by atoms with Crippen molar-refractivity contribution in [3.05, 3.63) is 59.2 Å². The maximum atomic E-state index is 10.6. The molecule has 0 saturated carbocycles. The van der Waals surface area contributed by atoms with E-state index >= 15 is 0 Å². The number of β-amino-alcohol motifs (C(OH)–C–C–N with tert-alkyl or cyclic N) is 1. The standard InChI is InChI=1S/C26H36N2O4/c1-30-23-10-11-25(31-2)21(16-23)17-27-12-14-28(15-13-27)18-22(29)19-32-26-9-5-7-20-6-3-4-8-24(20)26/h3-4,6,8,10-11,16,22,26,29H,5,7,9,12-15,17-19H2,1-2H3/t22-,26-/m0/s1. The Morgan fingerprint density at radius 3 is 2.56 bits per heavy atom. The van der Waals surface area contributed by atoms with Gasteiger partial charge in [-0.1, -0.05) is 24.3 Å². The molecule has 1 aliphatic heterocycles. The van der Waals surface area contributed by atoms with Gasteiger partial charge in [-0.25, -0.2) is 0 Å². The Labute approximate surface area is 191 Å². The number of hydrogen-bond donors (Lipinski definition) is 1. The number of piperazine rings is 1. The molecular formula is C26H36N2O4. The zero-order valence-corrected chi connectivity index (χ0v) is 19.3. The van der Waals surface area contributed by atoms with Crippen LogP contribution in [-0.2, 0) is 17.7 Å². The predicted octanol–water partition coefficient (Wildman–Crippen LogP) is 3.28. The third kappa shape index (κ3) is 5.81. The van der Waals surface area contributed by atoms with Crippen molar-refractivity contribution in [3.8, 4) is 11.5 Å². The molecule has 6 heteroatoms. The Bertz CT molecular complexity index is 867. The first-order chi connectivity index (χ1) is 15.7. The Morgan fingerprint density at radius 1 is 1.00 bits per heavy atom. The van der Waals surface area contributed by atoms with E-state index < -0.39 is 6.10 Å². The molecule has 2 aromatic carbocycles. The highest BCUT2D eigenvalue weighted by molar-refractivity contribution is 5.40. The summed E-state index contributed by atoms with van der Waals surface area (Å²) in [6.07, 6.45) is 2.97. The molecule has 2 atom stereocenters. The van der Waals surface area contributed by atoms with E-state index in [1.807, 2.05) is 12.1 Å². The normalized spacial score (nSPS) is 20.5. The number of aliphatic hydroxyl groups is 1. The molecule has 0 bridgehead atoms. The highest BCUT2D eigenvalue weighted by Crippen LogP contribution is 2.32. The van der Waals surface area contributed by atoms with Crippen LogP contribution in [0.3, 0.4) is 0 Å². The smallest absolute Gasteiger partial charge is 0.123 e. The lowest BCUT2D eigenvalue weighted by atomic mass is 9.89. The summed E-state index contributed by atoms with van der Waals surface area (Å²) in [7, 11) is 3.39. The molecule has 1 N–H and O–H groups in total. The second kappa shape index (κ2) is 11.1. The Morgan fingerprint density at radius 2 is 1.78 bits per heavy atom. The topological polar surface area (TPSA) is 54.4 Å². The van der Waals surface area contributed by atoms with Gasteiger partial charge in [-0.2, -0.15) is 0 Å². The van der Waals surface area contributed by atoms with Gasteiger partial charge in [0, 0.05) is 44.8 Å². The molecular weight excluding hydrogens is 404 g/mol. The van der Waals surface area contributed by atoms with E-state index in [-0.39, 0.29) is 6.10 Å². The van der Waals surface area contributed by atoms with Crippen molar-refractivity contribution in [3.63, 3.8) is 0 Å². The first kappa shape index (κ1) is 23.1. The monoisotopic (exact) mass is 440 g/mol. The minimum atomic E-state index is -0.464. The van der Waals surface area contributed by atoms with Gasteiger partial charge >= 0.3 is 0 Å². The van der Waals surface area contributed by atoms with Crippen molar-refractivity contribution < 1.29 is 19.3 Å². The summed E-state index contributed by atoms with van der Waals surface area (Å²) in [5.41, 5.74) is 3.83. The first-order valence-electron chi connectivity index (χ1n) is 11.7. The van der Waals surface area contributed by atoms with Crippen LogP contribution in [0.15, 0.2) is 42.5 Å². The van der Waals surface area contributed by atoms with Crippen molar-refractivity contribution in [1.82, 2.24) is 9.80 Å². The quantitative estimate of drug-likeness (QED) is 0.646. The van der Waals surface area contributed by atoms with E-state index in [2.05, 4.69) is 40.1 Å². The minimum absolute atomic E-state index is 0.115. The Balaban J connectivity index is 1.22. The van der Waals surface area contributed by atoms with Crippen LogP contribution in [0.4, 0.5) is 0 Å². The molecule has 1 saturated heterocycles. The molecule has 2 aliphatic rings. The van der Waals surface area contributed by atoms with Gasteiger partial charge in [0.25, 0.3) is 0 Å². The SMILES string of the molecule is COc1ccc(OC)c(CN2CCN(C[C@H](O)CO[C@H]3CCCc4ccccc43)CC2)c1. The molecule has 32 heavy (non-hydrogen) atoms. The van der Waals surface area contributed by atoms with Crippen LogP contribution < -0.4 is 9.47 Å². The highest BCUT2D eigenvalue weighted by atomic mass is 16.5. The second-order valence-electron chi connectivity index (χ2n) is 8.82. The predicted molar refractivity (Wildman–Crippen MR) is 125 cm³/mol. The van der Waals surface area contributed by atoms with E-state index in [9.17, 15) is 5.11 Å². The molecule has 1 fully saturated rings. The van der Waals surface area contributed by atoms with Crippen LogP contribution in [0.25, 0.3) is 0 Å². The summed E-state index contributed by atoms with van der Waals surface area (Å²) < 4.78 is 17.0. The number of methoxy groups -OCH3 is 2. The van der Waals surface area contributed by atoms with Gasteiger partial charge in [-0.3, -0.25) is 9.80 Å². The number of benzene rings is 2. The molecule has 1 heterocycles. The molecule has 0 unspecified atom stereocenters. The number of nitrogens with zero attached hydrogens (tertiary/aromatic N) is 2. The van der Waals surface area contributed by atoms with Crippen molar-refractivity contribution in [2.75, 3.05) is 53.6 Å². The Kier molecular flexibility index (Phi) is 8.03. The van der Waals surface area contributed by atoms with Gasteiger partial charge in [-0.15, -0.1) is 0 Å². The van der Waals surface area contributed by atoms with E-state index in [4.69, 9.17) is 14.2 Å². The van der Waals surface area contributed by atoms with Crippen LogP contribution in [0.1, 0.15) is 35.6 Å². The lowest BCUT2D eigenvalue weighted by Crippen LogP contribution is -2.48. The number of aliphatic hydroxyl groups excluding tert-OH is 1. The largest absolute Gasteiger partial charge is 0.497 e. The van der Waals surface area contributed by atoms with Gasteiger partial charge in [0.2, 0.25) is 0 Å². The summed E-state index contributed by atoms with van der Waals surface area (Å²) in [5, 5.41) is 10.6. The summed E-state index contributed by atoms with van der Waals surface area (Å²) in [6, 6.07) is 14.5. The van der Waals surface area contributed by atoms with E-state index in [0.29, 0.717) is 13.2 Å². The molecule has 2 aromatic rings. The lowest BCUT2D eigenvalue weighted by Gasteiger charge is -2.36. The molecule has 6 nitrogen and oxygen atoms in total. The second-order valence-corrected chi connectivity index (χ2v) is 8.82. The fourth-order valence-electron chi connectivity index (χ4n) is 4.84. The van der Waals surface area contributed by atoms with E-state index in [1.54, 1.807) is 14.2 Å². The van der Waals surface area contributed by atoms with Crippen molar-refractivity contribution in [2.45, 2.75) is 38.0 Å². The number of aryl methyl sites for hydroxylation is 1. The number of hydrogen-bond acceptors (Lipinski definition) is 6.